The molecule has 0 N–H and O–H groups in total. The van der Waals surface area contributed by atoms with Gasteiger partial charge in [0.15, 0.2) is 0 Å². The molecule has 0 atom stereocenters. The molecule has 0 heterocycles. The van der Waals surface area contributed by atoms with Gasteiger partial charge in [-0.1, -0.05) is 17.7 Å². The molecule has 0 spiro atoms. The van der Waals surface area contributed by atoms with Crippen molar-refractivity contribution in [2.24, 2.45) is 0 Å². The first-order valence-corrected chi connectivity index (χ1v) is 4.68. The summed E-state index contributed by atoms with van der Waals surface area (Å²) in [6.45, 7) is 0.643. The lowest BCUT2D eigenvalue weighted by Crippen LogP contribution is -1.97. The van der Waals surface area contributed by atoms with Gasteiger partial charge >= 0.3 is 0 Å². The van der Waals surface area contributed by atoms with E-state index in [-0.39, 0.29) is 0 Å². The second-order valence-corrected chi connectivity index (χ2v) is 3.16. The minimum atomic E-state index is 0.626. The summed E-state index contributed by atoms with van der Waals surface area (Å²) in [5, 5.41) is 0.693. The van der Waals surface area contributed by atoms with Gasteiger partial charge in [-0.15, -0.1) is 11.6 Å². The van der Waals surface area contributed by atoms with Gasteiger partial charge < -0.3 is 4.74 Å². The number of ether oxygens (including phenoxy) is 1. The van der Waals surface area contributed by atoms with Crippen LogP contribution >= 0.6 is 23.2 Å². The highest BCUT2D eigenvalue weighted by atomic mass is 35.5. The van der Waals surface area contributed by atoms with Crippen molar-refractivity contribution in [3.63, 3.8) is 0 Å². The summed E-state index contributed by atoms with van der Waals surface area (Å²) in [7, 11) is 0. The largest absolute Gasteiger partial charge is 0.494 e. The number of hydrogen-bond acceptors (Lipinski definition) is 1. The summed E-state index contributed by atoms with van der Waals surface area (Å²) < 4.78 is 5.36. The van der Waals surface area contributed by atoms with Crippen LogP contribution in [0, 0.1) is 0 Å². The second kappa shape index (κ2) is 5.28. The molecule has 0 amide bonds. The molecule has 0 aromatic heterocycles. The molecule has 0 fully saturated rings. The van der Waals surface area contributed by atoms with Gasteiger partial charge in [0.05, 0.1) is 6.61 Å². The molecule has 1 aromatic carbocycles. The lowest BCUT2D eigenvalue weighted by molar-refractivity contribution is 0.318. The quantitative estimate of drug-likeness (QED) is 0.541. The molecule has 1 aromatic rings. The number of halogens is 2. The monoisotopic (exact) mass is 204 g/mol. The summed E-state index contributed by atoms with van der Waals surface area (Å²) in [6.07, 6.45) is 0.855. The molecule has 0 aliphatic carbocycles. The van der Waals surface area contributed by atoms with E-state index in [0.717, 1.165) is 12.2 Å². The third kappa shape index (κ3) is 3.33. The van der Waals surface area contributed by atoms with E-state index >= 15 is 0 Å². The molecule has 1 nitrogen and oxygen atoms in total. The standard InChI is InChI=1S/C9H10Cl2O/c10-5-2-6-12-9-4-1-3-8(11)7-9/h1,3-4,7H,2,5-6H2. The highest BCUT2D eigenvalue weighted by molar-refractivity contribution is 6.30. The Morgan fingerprint density at radius 1 is 1.33 bits per heavy atom. The van der Waals surface area contributed by atoms with Crippen LogP contribution in [-0.2, 0) is 0 Å². The van der Waals surface area contributed by atoms with Gasteiger partial charge in [-0.25, -0.2) is 0 Å². The van der Waals surface area contributed by atoms with Gasteiger partial charge in [-0.2, -0.15) is 0 Å². The van der Waals surface area contributed by atoms with Crippen LogP contribution in [0.3, 0.4) is 0 Å². The number of benzene rings is 1. The van der Waals surface area contributed by atoms with Crippen molar-refractivity contribution >= 4 is 23.2 Å². The molecule has 0 unspecified atom stereocenters. The van der Waals surface area contributed by atoms with Crippen molar-refractivity contribution in [1.82, 2.24) is 0 Å². The zero-order valence-corrected chi connectivity index (χ0v) is 8.11. The van der Waals surface area contributed by atoms with Gasteiger partial charge in [0.25, 0.3) is 0 Å². The van der Waals surface area contributed by atoms with Crippen LogP contribution in [0.5, 0.6) is 5.75 Å². The minimum absolute atomic E-state index is 0.626. The van der Waals surface area contributed by atoms with Crippen LogP contribution in [-0.4, -0.2) is 12.5 Å². The van der Waals surface area contributed by atoms with Crippen LogP contribution in [0.25, 0.3) is 0 Å². The molecule has 0 bridgehead atoms. The Morgan fingerprint density at radius 2 is 2.17 bits per heavy atom. The fourth-order valence-electron chi connectivity index (χ4n) is 0.801. The Kier molecular flexibility index (Phi) is 4.26. The summed E-state index contributed by atoms with van der Waals surface area (Å²) in [5.41, 5.74) is 0. The molecule has 66 valence electrons. The predicted octanol–water partition coefficient (Wildman–Crippen LogP) is 3.35. The first kappa shape index (κ1) is 9.69. The molecule has 0 aliphatic heterocycles. The second-order valence-electron chi connectivity index (χ2n) is 2.35. The number of hydrogen-bond donors (Lipinski definition) is 0. The molecule has 12 heavy (non-hydrogen) atoms. The predicted molar refractivity (Wildman–Crippen MR) is 52.3 cm³/mol. The van der Waals surface area contributed by atoms with Crippen molar-refractivity contribution in [3.05, 3.63) is 29.3 Å². The third-order valence-corrected chi connectivity index (χ3v) is 1.85. The van der Waals surface area contributed by atoms with Crippen molar-refractivity contribution in [2.75, 3.05) is 12.5 Å². The maximum Gasteiger partial charge on any atom is 0.120 e. The summed E-state index contributed by atoms with van der Waals surface area (Å²) in [6, 6.07) is 7.34. The van der Waals surface area contributed by atoms with E-state index in [1.807, 2.05) is 18.2 Å². The topological polar surface area (TPSA) is 9.23 Å². The maximum absolute atomic E-state index is 5.75. The van der Waals surface area contributed by atoms with Crippen molar-refractivity contribution in [3.8, 4) is 5.75 Å². The van der Waals surface area contributed by atoms with Crippen LogP contribution in [0.2, 0.25) is 5.02 Å². The highest BCUT2D eigenvalue weighted by Crippen LogP contribution is 2.16. The van der Waals surface area contributed by atoms with Crippen molar-refractivity contribution in [1.29, 1.82) is 0 Å². The Morgan fingerprint density at radius 3 is 2.83 bits per heavy atom. The molecular formula is C9H10Cl2O. The average Bonchev–Trinajstić information content (AvgIpc) is 2.05. The summed E-state index contributed by atoms with van der Waals surface area (Å²) in [4.78, 5) is 0. The molecule has 3 heteroatoms. The summed E-state index contributed by atoms with van der Waals surface area (Å²) >= 11 is 11.2. The van der Waals surface area contributed by atoms with Crippen LogP contribution in [0.15, 0.2) is 24.3 Å². The first-order valence-electron chi connectivity index (χ1n) is 3.77. The SMILES string of the molecule is ClCCCOc1cccc(Cl)c1. The molecule has 0 saturated carbocycles. The Hall–Kier alpha value is -0.400. The highest BCUT2D eigenvalue weighted by Gasteiger charge is 1.93. The van der Waals surface area contributed by atoms with Crippen molar-refractivity contribution in [2.45, 2.75) is 6.42 Å². The van der Waals surface area contributed by atoms with E-state index in [0.29, 0.717) is 17.5 Å². The van der Waals surface area contributed by atoms with Gasteiger partial charge in [0, 0.05) is 10.9 Å². The molecule has 0 radical (unpaired) electrons. The van der Waals surface area contributed by atoms with Crippen LogP contribution in [0.4, 0.5) is 0 Å². The fourth-order valence-corrected chi connectivity index (χ4v) is 1.09. The lowest BCUT2D eigenvalue weighted by atomic mass is 10.3. The number of rotatable bonds is 4. The van der Waals surface area contributed by atoms with Crippen LogP contribution in [0.1, 0.15) is 6.42 Å². The summed E-state index contributed by atoms with van der Waals surface area (Å²) in [5.74, 6) is 1.42. The Labute approximate surface area is 82.2 Å². The van der Waals surface area contributed by atoms with E-state index in [2.05, 4.69) is 0 Å². The van der Waals surface area contributed by atoms with Gasteiger partial charge in [-0.3, -0.25) is 0 Å². The zero-order valence-electron chi connectivity index (χ0n) is 6.59. The molecule has 0 saturated heterocycles. The minimum Gasteiger partial charge on any atom is -0.494 e. The first-order chi connectivity index (χ1) is 5.83. The average molecular weight is 205 g/mol. The van der Waals surface area contributed by atoms with E-state index in [1.165, 1.54) is 0 Å². The lowest BCUT2D eigenvalue weighted by Gasteiger charge is -2.03. The molecule has 1 rings (SSSR count). The number of alkyl halides is 1. The molecular weight excluding hydrogens is 195 g/mol. The Bertz CT molecular complexity index is 238. The van der Waals surface area contributed by atoms with Gasteiger partial charge in [0.1, 0.15) is 5.75 Å². The molecule has 0 aliphatic rings. The van der Waals surface area contributed by atoms with Crippen LogP contribution < -0.4 is 4.74 Å². The Balaban J connectivity index is 2.41. The third-order valence-electron chi connectivity index (χ3n) is 1.34. The van der Waals surface area contributed by atoms with Gasteiger partial charge in [0.2, 0.25) is 0 Å². The van der Waals surface area contributed by atoms with E-state index < -0.39 is 0 Å². The van der Waals surface area contributed by atoms with Crippen molar-refractivity contribution < 1.29 is 4.74 Å². The zero-order chi connectivity index (χ0) is 8.81. The maximum atomic E-state index is 5.75. The van der Waals surface area contributed by atoms with E-state index in [4.69, 9.17) is 27.9 Å². The van der Waals surface area contributed by atoms with E-state index in [1.54, 1.807) is 6.07 Å². The van der Waals surface area contributed by atoms with E-state index in [9.17, 15) is 0 Å². The fraction of sp³-hybridized carbons (Fsp3) is 0.333. The van der Waals surface area contributed by atoms with Gasteiger partial charge in [-0.05, 0) is 24.6 Å². The normalized spacial score (nSPS) is 9.83. The smallest absolute Gasteiger partial charge is 0.120 e.